The van der Waals surface area contributed by atoms with Crippen molar-refractivity contribution in [3.63, 3.8) is 0 Å². The van der Waals surface area contributed by atoms with E-state index in [9.17, 15) is 14.0 Å². The Bertz CT molecular complexity index is 963. The van der Waals surface area contributed by atoms with Crippen molar-refractivity contribution in [2.45, 2.75) is 26.2 Å². The molecule has 0 bridgehead atoms. The first-order valence-electron chi connectivity index (χ1n) is 10.9. The third-order valence-corrected chi connectivity index (χ3v) is 5.91. The Morgan fingerprint density at radius 1 is 1.12 bits per heavy atom. The van der Waals surface area contributed by atoms with Gasteiger partial charge in [-0.15, -0.1) is 0 Å². The SMILES string of the molecule is COc1ccc([C@H]2CN(C(=O)c3ccccc3F)C[C@H]2C(=O)NCCC(C)C)c(OC)c1. The Balaban J connectivity index is 1.90. The normalized spacial score (nSPS) is 18.0. The summed E-state index contributed by atoms with van der Waals surface area (Å²) in [6.07, 6.45) is 0.868. The summed E-state index contributed by atoms with van der Waals surface area (Å²) in [4.78, 5) is 27.7. The van der Waals surface area contributed by atoms with Gasteiger partial charge in [-0.05, 0) is 30.5 Å². The summed E-state index contributed by atoms with van der Waals surface area (Å²) in [6, 6.07) is 11.4. The maximum atomic E-state index is 14.3. The van der Waals surface area contributed by atoms with Crippen LogP contribution in [0.4, 0.5) is 4.39 Å². The van der Waals surface area contributed by atoms with Gasteiger partial charge in [-0.2, -0.15) is 0 Å². The first-order chi connectivity index (χ1) is 15.3. The minimum atomic E-state index is -0.569. The average Bonchev–Trinajstić information content (AvgIpc) is 3.23. The second-order valence-corrected chi connectivity index (χ2v) is 8.48. The largest absolute Gasteiger partial charge is 0.497 e. The number of likely N-dealkylation sites (tertiary alicyclic amines) is 1. The van der Waals surface area contributed by atoms with Crippen LogP contribution in [-0.2, 0) is 4.79 Å². The zero-order valence-corrected chi connectivity index (χ0v) is 19.1. The zero-order chi connectivity index (χ0) is 23.3. The van der Waals surface area contributed by atoms with Crippen LogP contribution in [0.15, 0.2) is 42.5 Å². The molecule has 6 nitrogen and oxygen atoms in total. The summed E-state index contributed by atoms with van der Waals surface area (Å²) in [5, 5.41) is 3.01. The highest BCUT2D eigenvalue weighted by molar-refractivity contribution is 5.95. The summed E-state index contributed by atoms with van der Waals surface area (Å²) in [5.41, 5.74) is 0.829. The van der Waals surface area contributed by atoms with Crippen LogP contribution in [0.3, 0.4) is 0 Å². The van der Waals surface area contributed by atoms with E-state index >= 15 is 0 Å². The summed E-state index contributed by atoms with van der Waals surface area (Å²) in [7, 11) is 3.14. The number of rotatable bonds is 8. The molecule has 2 atom stereocenters. The molecule has 0 radical (unpaired) electrons. The number of carbonyl (C=O) groups is 2. The molecule has 0 aromatic heterocycles. The molecule has 2 aromatic rings. The Labute approximate surface area is 188 Å². The molecule has 0 spiro atoms. The third-order valence-electron chi connectivity index (χ3n) is 5.91. The fourth-order valence-corrected chi connectivity index (χ4v) is 4.10. The van der Waals surface area contributed by atoms with Gasteiger partial charge in [0, 0.05) is 37.2 Å². The number of nitrogens with one attached hydrogen (secondary N) is 1. The fraction of sp³-hybridized carbons (Fsp3) is 0.440. The predicted molar refractivity (Wildman–Crippen MR) is 121 cm³/mol. The van der Waals surface area contributed by atoms with Gasteiger partial charge < -0.3 is 19.7 Å². The first-order valence-corrected chi connectivity index (χ1v) is 10.9. The summed E-state index contributed by atoms with van der Waals surface area (Å²) < 4.78 is 25.1. The van der Waals surface area contributed by atoms with E-state index in [1.165, 1.54) is 12.1 Å². The number of halogens is 1. The highest BCUT2D eigenvalue weighted by Crippen LogP contribution is 2.39. The van der Waals surface area contributed by atoms with Crippen LogP contribution >= 0.6 is 0 Å². The van der Waals surface area contributed by atoms with Gasteiger partial charge in [0.2, 0.25) is 5.91 Å². The van der Waals surface area contributed by atoms with Crippen molar-refractivity contribution >= 4 is 11.8 Å². The highest BCUT2D eigenvalue weighted by Gasteiger charge is 2.42. The van der Waals surface area contributed by atoms with Crippen LogP contribution in [0.1, 0.15) is 42.1 Å². The van der Waals surface area contributed by atoms with E-state index in [1.54, 1.807) is 37.3 Å². The van der Waals surface area contributed by atoms with E-state index in [1.807, 2.05) is 12.1 Å². The minimum Gasteiger partial charge on any atom is -0.497 e. The van der Waals surface area contributed by atoms with Crippen LogP contribution in [0.25, 0.3) is 0 Å². The molecule has 2 amide bonds. The lowest BCUT2D eigenvalue weighted by molar-refractivity contribution is -0.124. The van der Waals surface area contributed by atoms with E-state index in [-0.39, 0.29) is 30.5 Å². The molecular weight excluding hydrogens is 411 g/mol. The number of hydrogen-bond donors (Lipinski definition) is 1. The predicted octanol–water partition coefficient (Wildman–Crippen LogP) is 3.86. The van der Waals surface area contributed by atoms with Gasteiger partial charge in [0.15, 0.2) is 0 Å². The molecule has 2 aromatic carbocycles. The molecule has 7 heteroatoms. The van der Waals surface area contributed by atoms with Crippen LogP contribution in [0.2, 0.25) is 0 Å². The molecular formula is C25H31FN2O4. The number of amides is 2. The molecule has 1 fully saturated rings. The summed E-state index contributed by atoms with van der Waals surface area (Å²) in [6.45, 7) is 5.27. The van der Waals surface area contributed by atoms with Crippen LogP contribution in [-0.4, -0.2) is 50.6 Å². The Morgan fingerprint density at radius 3 is 2.53 bits per heavy atom. The highest BCUT2D eigenvalue weighted by atomic mass is 19.1. The fourth-order valence-electron chi connectivity index (χ4n) is 4.10. The smallest absolute Gasteiger partial charge is 0.256 e. The van der Waals surface area contributed by atoms with Crippen molar-refractivity contribution < 1.29 is 23.5 Å². The number of hydrogen-bond acceptors (Lipinski definition) is 4. The number of nitrogens with zero attached hydrogens (tertiary/aromatic N) is 1. The van der Waals surface area contributed by atoms with E-state index in [0.29, 0.717) is 24.0 Å². The van der Waals surface area contributed by atoms with E-state index in [2.05, 4.69) is 19.2 Å². The monoisotopic (exact) mass is 442 g/mol. The van der Waals surface area contributed by atoms with Crippen LogP contribution in [0.5, 0.6) is 11.5 Å². The number of ether oxygens (including phenoxy) is 2. The minimum absolute atomic E-state index is 0.00816. The maximum absolute atomic E-state index is 14.3. The van der Waals surface area contributed by atoms with Gasteiger partial charge >= 0.3 is 0 Å². The summed E-state index contributed by atoms with van der Waals surface area (Å²) >= 11 is 0. The summed E-state index contributed by atoms with van der Waals surface area (Å²) in [5.74, 6) is -0.159. The lowest BCUT2D eigenvalue weighted by atomic mass is 9.87. The van der Waals surface area contributed by atoms with Gasteiger partial charge in [-0.3, -0.25) is 9.59 Å². The average molecular weight is 443 g/mol. The molecule has 32 heavy (non-hydrogen) atoms. The van der Waals surface area contributed by atoms with Crippen molar-refractivity contribution in [3.05, 3.63) is 59.4 Å². The third kappa shape index (κ3) is 5.21. The molecule has 1 aliphatic heterocycles. The van der Waals surface area contributed by atoms with Crippen molar-refractivity contribution in [2.24, 2.45) is 11.8 Å². The van der Waals surface area contributed by atoms with Crippen molar-refractivity contribution in [3.8, 4) is 11.5 Å². The molecule has 0 aliphatic carbocycles. The van der Waals surface area contributed by atoms with Crippen LogP contribution < -0.4 is 14.8 Å². The molecule has 1 heterocycles. The number of benzene rings is 2. The van der Waals surface area contributed by atoms with Gasteiger partial charge in [0.25, 0.3) is 5.91 Å². The number of carbonyl (C=O) groups excluding carboxylic acids is 2. The second-order valence-electron chi connectivity index (χ2n) is 8.48. The van der Waals surface area contributed by atoms with Crippen molar-refractivity contribution in [2.75, 3.05) is 33.9 Å². The molecule has 172 valence electrons. The van der Waals surface area contributed by atoms with E-state index < -0.39 is 17.6 Å². The Hall–Kier alpha value is -3.09. The van der Waals surface area contributed by atoms with Gasteiger partial charge in [-0.1, -0.05) is 32.0 Å². The first kappa shape index (κ1) is 23.6. The lowest BCUT2D eigenvalue weighted by Gasteiger charge is -2.21. The topological polar surface area (TPSA) is 67.9 Å². The molecule has 1 N–H and O–H groups in total. The van der Waals surface area contributed by atoms with Gasteiger partial charge in [0.05, 0.1) is 25.7 Å². The standard InChI is InChI=1S/C25H31FN2O4/c1-16(2)11-12-27-24(29)21-15-28(25(30)19-7-5-6-8-22(19)26)14-20(21)18-10-9-17(31-3)13-23(18)32-4/h5-10,13,16,20-21H,11-12,14-15H2,1-4H3,(H,27,29)/t20-,21-/m1/s1. The van der Waals surface area contributed by atoms with Gasteiger partial charge in [-0.25, -0.2) is 4.39 Å². The molecule has 1 saturated heterocycles. The molecule has 1 aliphatic rings. The van der Waals surface area contributed by atoms with Crippen molar-refractivity contribution in [1.29, 1.82) is 0 Å². The molecule has 3 rings (SSSR count). The Morgan fingerprint density at radius 2 is 1.88 bits per heavy atom. The Kier molecular flexibility index (Phi) is 7.72. The second kappa shape index (κ2) is 10.5. The quantitative estimate of drug-likeness (QED) is 0.674. The lowest BCUT2D eigenvalue weighted by Crippen LogP contribution is -2.36. The zero-order valence-electron chi connectivity index (χ0n) is 19.1. The molecule has 0 saturated carbocycles. The van der Waals surface area contributed by atoms with E-state index in [0.717, 1.165) is 12.0 Å². The van der Waals surface area contributed by atoms with Gasteiger partial charge in [0.1, 0.15) is 17.3 Å². The van der Waals surface area contributed by atoms with Crippen LogP contribution in [0, 0.1) is 17.7 Å². The maximum Gasteiger partial charge on any atom is 0.256 e. The number of methoxy groups -OCH3 is 2. The van der Waals surface area contributed by atoms with Crippen molar-refractivity contribution in [1.82, 2.24) is 10.2 Å². The molecule has 0 unspecified atom stereocenters. The van der Waals surface area contributed by atoms with E-state index in [4.69, 9.17) is 9.47 Å².